The standard InChI is InChI=1S/C23H18N2O2/c24-23(26)15-27-18-12-10-17(11-13-18)22-14-20(16-6-2-1-3-7-16)19-8-4-5-9-21(19)25-22/h1-14H,15H2,(H2,24,26). The van der Waals surface area contributed by atoms with Crippen LogP contribution in [-0.2, 0) is 4.79 Å². The molecule has 0 saturated heterocycles. The molecule has 4 rings (SSSR count). The van der Waals surface area contributed by atoms with Crippen LogP contribution in [0.4, 0.5) is 0 Å². The predicted octanol–water partition coefficient (Wildman–Crippen LogP) is 4.43. The third-order valence-electron chi connectivity index (χ3n) is 4.33. The molecule has 0 aliphatic heterocycles. The van der Waals surface area contributed by atoms with E-state index in [4.69, 9.17) is 15.5 Å². The molecule has 0 fully saturated rings. The van der Waals surface area contributed by atoms with E-state index in [2.05, 4.69) is 24.3 Å². The van der Waals surface area contributed by atoms with E-state index in [1.54, 1.807) is 0 Å². The lowest BCUT2D eigenvalue weighted by molar-refractivity contribution is -0.119. The van der Waals surface area contributed by atoms with Crippen LogP contribution in [0.1, 0.15) is 0 Å². The number of fused-ring (bicyclic) bond motifs is 1. The number of benzene rings is 3. The minimum Gasteiger partial charge on any atom is -0.484 e. The molecule has 3 aromatic carbocycles. The van der Waals surface area contributed by atoms with E-state index >= 15 is 0 Å². The minimum absolute atomic E-state index is 0.133. The van der Waals surface area contributed by atoms with Crippen molar-refractivity contribution in [2.75, 3.05) is 6.61 Å². The Morgan fingerprint density at radius 3 is 2.30 bits per heavy atom. The number of para-hydroxylation sites is 1. The van der Waals surface area contributed by atoms with Crippen LogP contribution in [-0.4, -0.2) is 17.5 Å². The zero-order chi connectivity index (χ0) is 18.6. The Morgan fingerprint density at radius 2 is 1.56 bits per heavy atom. The molecule has 0 aliphatic carbocycles. The van der Waals surface area contributed by atoms with E-state index in [1.807, 2.05) is 60.7 Å². The van der Waals surface area contributed by atoms with Crippen LogP contribution in [0.5, 0.6) is 5.75 Å². The first-order valence-corrected chi connectivity index (χ1v) is 8.67. The molecule has 0 bridgehead atoms. The molecule has 0 unspecified atom stereocenters. The van der Waals surface area contributed by atoms with E-state index in [0.717, 1.165) is 33.3 Å². The number of aromatic nitrogens is 1. The van der Waals surface area contributed by atoms with Gasteiger partial charge in [0.1, 0.15) is 5.75 Å². The second-order valence-electron chi connectivity index (χ2n) is 6.22. The van der Waals surface area contributed by atoms with Crippen molar-refractivity contribution in [3.63, 3.8) is 0 Å². The van der Waals surface area contributed by atoms with E-state index in [9.17, 15) is 4.79 Å². The third kappa shape index (κ3) is 3.65. The Hall–Kier alpha value is -3.66. The lowest BCUT2D eigenvalue weighted by Crippen LogP contribution is -2.19. The van der Waals surface area contributed by atoms with Crippen LogP contribution < -0.4 is 10.5 Å². The summed E-state index contributed by atoms with van der Waals surface area (Å²) in [5.74, 6) is 0.101. The summed E-state index contributed by atoms with van der Waals surface area (Å²) in [5, 5.41) is 1.12. The SMILES string of the molecule is NC(=O)COc1ccc(-c2cc(-c3ccccc3)c3ccccc3n2)cc1. The van der Waals surface area contributed by atoms with Gasteiger partial charge in [0.2, 0.25) is 0 Å². The molecule has 27 heavy (non-hydrogen) atoms. The fraction of sp³-hybridized carbons (Fsp3) is 0.0435. The Kier molecular flexibility index (Phi) is 4.54. The summed E-state index contributed by atoms with van der Waals surface area (Å²) in [7, 11) is 0. The van der Waals surface area contributed by atoms with Crippen LogP contribution in [0, 0.1) is 0 Å². The van der Waals surface area contributed by atoms with Gasteiger partial charge in [-0.15, -0.1) is 0 Å². The monoisotopic (exact) mass is 354 g/mol. The molecule has 0 radical (unpaired) electrons. The first-order chi connectivity index (χ1) is 13.2. The van der Waals surface area contributed by atoms with Crippen molar-refractivity contribution in [3.8, 4) is 28.1 Å². The number of carbonyl (C=O) groups excluding carboxylic acids is 1. The quantitative estimate of drug-likeness (QED) is 0.576. The molecule has 2 N–H and O–H groups in total. The average Bonchev–Trinajstić information content (AvgIpc) is 2.72. The smallest absolute Gasteiger partial charge is 0.255 e. The van der Waals surface area contributed by atoms with Crippen molar-refractivity contribution in [2.24, 2.45) is 5.73 Å². The van der Waals surface area contributed by atoms with E-state index in [-0.39, 0.29) is 6.61 Å². The number of amides is 1. The maximum absolute atomic E-state index is 10.8. The number of carbonyl (C=O) groups is 1. The molecule has 0 atom stereocenters. The number of ether oxygens (including phenoxy) is 1. The van der Waals surface area contributed by atoms with Gasteiger partial charge in [-0.3, -0.25) is 4.79 Å². The molecule has 1 heterocycles. The predicted molar refractivity (Wildman–Crippen MR) is 107 cm³/mol. The highest BCUT2D eigenvalue weighted by atomic mass is 16.5. The van der Waals surface area contributed by atoms with E-state index < -0.39 is 5.91 Å². The molecule has 4 aromatic rings. The molecule has 4 heteroatoms. The second-order valence-corrected chi connectivity index (χ2v) is 6.22. The molecule has 0 aliphatic rings. The summed E-state index contributed by atoms with van der Waals surface area (Å²) >= 11 is 0. The summed E-state index contributed by atoms with van der Waals surface area (Å²) < 4.78 is 5.33. The van der Waals surface area contributed by atoms with Crippen molar-refractivity contribution in [1.29, 1.82) is 0 Å². The van der Waals surface area contributed by atoms with Crippen LogP contribution in [0.25, 0.3) is 33.3 Å². The topological polar surface area (TPSA) is 65.2 Å². The number of nitrogens with zero attached hydrogens (tertiary/aromatic N) is 1. The molecule has 1 amide bonds. The maximum atomic E-state index is 10.8. The molecular formula is C23H18N2O2. The van der Waals surface area contributed by atoms with Crippen molar-refractivity contribution in [3.05, 3.63) is 84.9 Å². The van der Waals surface area contributed by atoms with E-state index in [1.165, 1.54) is 0 Å². The van der Waals surface area contributed by atoms with Gasteiger partial charge in [-0.05, 0) is 47.5 Å². The zero-order valence-electron chi connectivity index (χ0n) is 14.6. The van der Waals surface area contributed by atoms with Gasteiger partial charge in [0.15, 0.2) is 6.61 Å². The Bertz CT molecular complexity index is 1090. The summed E-state index contributed by atoms with van der Waals surface area (Å²) in [5.41, 5.74) is 10.2. The fourth-order valence-electron chi connectivity index (χ4n) is 3.06. The minimum atomic E-state index is -0.497. The van der Waals surface area contributed by atoms with Gasteiger partial charge in [0.05, 0.1) is 11.2 Å². The summed E-state index contributed by atoms with van der Waals surface area (Å²) in [6.45, 7) is -0.133. The van der Waals surface area contributed by atoms with Crippen molar-refractivity contribution >= 4 is 16.8 Å². The van der Waals surface area contributed by atoms with Gasteiger partial charge in [0, 0.05) is 10.9 Å². The Labute approximate surface area is 157 Å². The number of rotatable bonds is 5. The molecule has 0 spiro atoms. The van der Waals surface area contributed by atoms with Gasteiger partial charge >= 0.3 is 0 Å². The first-order valence-electron chi connectivity index (χ1n) is 8.67. The van der Waals surface area contributed by atoms with E-state index in [0.29, 0.717) is 5.75 Å². The second kappa shape index (κ2) is 7.30. The third-order valence-corrected chi connectivity index (χ3v) is 4.33. The van der Waals surface area contributed by atoms with Gasteiger partial charge < -0.3 is 10.5 Å². The number of hydrogen-bond donors (Lipinski definition) is 1. The highest BCUT2D eigenvalue weighted by Crippen LogP contribution is 2.32. The maximum Gasteiger partial charge on any atom is 0.255 e. The van der Waals surface area contributed by atoms with Crippen LogP contribution >= 0.6 is 0 Å². The van der Waals surface area contributed by atoms with Crippen molar-refractivity contribution in [1.82, 2.24) is 4.98 Å². The Morgan fingerprint density at radius 1 is 0.852 bits per heavy atom. The molecule has 1 aromatic heterocycles. The van der Waals surface area contributed by atoms with Gasteiger partial charge in [-0.1, -0.05) is 48.5 Å². The highest BCUT2D eigenvalue weighted by Gasteiger charge is 2.09. The number of primary amides is 1. The first kappa shape index (κ1) is 16.8. The number of hydrogen-bond acceptors (Lipinski definition) is 3. The summed E-state index contributed by atoms with van der Waals surface area (Å²) in [4.78, 5) is 15.7. The van der Waals surface area contributed by atoms with Gasteiger partial charge in [-0.25, -0.2) is 4.98 Å². The average molecular weight is 354 g/mol. The van der Waals surface area contributed by atoms with Crippen LogP contribution in [0.2, 0.25) is 0 Å². The molecule has 132 valence electrons. The van der Waals surface area contributed by atoms with Gasteiger partial charge in [-0.2, -0.15) is 0 Å². The molecular weight excluding hydrogens is 336 g/mol. The largest absolute Gasteiger partial charge is 0.484 e. The molecule has 0 saturated carbocycles. The van der Waals surface area contributed by atoms with Crippen LogP contribution in [0.3, 0.4) is 0 Å². The lowest BCUT2D eigenvalue weighted by Gasteiger charge is -2.11. The van der Waals surface area contributed by atoms with Crippen molar-refractivity contribution in [2.45, 2.75) is 0 Å². The highest BCUT2D eigenvalue weighted by molar-refractivity contribution is 5.96. The van der Waals surface area contributed by atoms with Crippen LogP contribution in [0.15, 0.2) is 84.9 Å². The fourth-order valence-corrected chi connectivity index (χ4v) is 3.06. The van der Waals surface area contributed by atoms with Gasteiger partial charge in [0.25, 0.3) is 5.91 Å². The molecule has 4 nitrogen and oxygen atoms in total. The normalized spacial score (nSPS) is 10.7. The zero-order valence-corrected chi connectivity index (χ0v) is 14.6. The number of pyridine rings is 1. The Balaban J connectivity index is 1.77. The lowest BCUT2D eigenvalue weighted by atomic mass is 9.98. The summed E-state index contributed by atoms with van der Waals surface area (Å²) in [6, 6.07) is 28.0. The number of nitrogens with two attached hydrogens (primary N) is 1. The summed E-state index contributed by atoms with van der Waals surface area (Å²) in [6.07, 6.45) is 0. The van der Waals surface area contributed by atoms with Crippen molar-refractivity contribution < 1.29 is 9.53 Å².